The molecule has 0 aromatic heterocycles. The van der Waals surface area contributed by atoms with Gasteiger partial charge in [0.15, 0.2) is 0 Å². The third kappa shape index (κ3) is 4.71. The van der Waals surface area contributed by atoms with Gasteiger partial charge in [-0.1, -0.05) is 37.6 Å². The second-order valence-electron chi connectivity index (χ2n) is 6.05. The number of hydrogen-bond acceptors (Lipinski definition) is 2. The first-order chi connectivity index (χ1) is 11.4. The minimum atomic E-state index is -0.627. The van der Waals surface area contributed by atoms with Crippen LogP contribution in [0.3, 0.4) is 0 Å². The van der Waals surface area contributed by atoms with Crippen LogP contribution in [-0.2, 0) is 0 Å². The summed E-state index contributed by atoms with van der Waals surface area (Å²) in [6.45, 7) is 4.15. The van der Waals surface area contributed by atoms with E-state index in [1.807, 2.05) is 24.3 Å². The Hall–Kier alpha value is -2.07. The zero-order chi connectivity index (χ0) is 17.7. The molecule has 24 heavy (non-hydrogen) atoms. The normalized spacial score (nSPS) is 12.1. The number of rotatable bonds is 6. The Morgan fingerprint density at radius 2 is 1.88 bits per heavy atom. The Kier molecular flexibility index (Phi) is 6.21. The first kappa shape index (κ1) is 18.3. The minimum Gasteiger partial charge on any atom is -0.497 e. The third-order valence-electron chi connectivity index (χ3n) is 3.71. The van der Waals surface area contributed by atoms with E-state index in [0.29, 0.717) is 5.92 Å². The van der Waals surface area contributed by atoms with Crippen molar-refractivity contribution in [3.63, 3.8) is 0 Å². The van der Waals surface area contributed by atoms with Crippen molar-refractivity contribution in [2.75, 3.05) is 7.11 Å². The van der Waals surface area contributed by atoms with Crippen LogP contribution in [0.2, 0.25) is 5.02 Å². The smallest absolute Gasteiger partial charge is 0.254 e. The van der Waals surface area contributed by atoms with Gasteiger partial charge in [0.2, 0.25) is 0 Å². The summed E-state index contributed by atoms with van der Waals surface area (Å²) in [7, 11) is 1.60. The lowest BCUT2D eigenvalue weighted by Gasteiger charge is -2.21. The van der Waals surface area contributed by atoms with Gasteiger partial charge in [0.05, 0.1) is 18.7 Å². The molecule has 2 rings (SSSR count). The molecule has 0 radical (unpaired) electrons. The van der Waals surface area contributed by atoms with Crippen molar-refractivity contribution in [1.29, 1.82) is 0 Å². The first-order valence-corrected chi connectivity index (χ1v) is 8.18. The number of carbonyl (C=O) groups excluding carboxylic acids is 1. The second kappa shape index (κ2) is 8.15. The molecule has 2 aromatic carbocycles. The van der Waals surface area contributed by atoms with Crippen LogP contribution in [0.1, 0.15) is 42.2 Å². The maximum atomic E-state index is 14.0. The van der Waals surface area contributed by atoms with Crippen molar-refractivity contribution in [2.45, 2.75) is 26.3 Å². The van der Waals surface area contributed by atoms with Crippen LogP contribution in [0.5, 0.6) is 5.75 Å². The highest BCUT2D eigenvalue weighted by molar-refractivity contribution is 6.30. The lowest BCUT2D eigenvalue weighted by molar-refractivity contribution is 0.0928. The van der Waals surface area contributed by atoms with Gasteiger partial charge in [0.1, 0.15) is 11.6 Å². The molecular weight excluding hydrogens is 329 g/mol. The quantitative estimate of drug-likeness (QED) is 0.796. The van der Waals surface area contributed by atoms with Gasteiger partial charge < -0.3 is 10.1 Å². The average molecular weight is 350 g/mol. The van der Waals surface area contributed by atoms with E-state index in [1.165, 1.54) is 12.1 Å². The van der Waals surface area contributed by atoms with Crippen molar-refractivity contribution < 1.29 is 13.9 Å². The van der Waals surface area contributed by atoms with Crippen LogP contribution >= 0.6 is 11.6 Å². The lowest BCUT2D eigenvalue weighted by atomic mass is 9.96. The summed E-state index contributed by atoms with van der Waals surface area (Å²) in [5, 5.41) is 3.18. The molecule has 0 aliphatic rings. The van der Waals surface area contributed by atoms with Gasteiger partial charge in [-0.2, -0.15) is 0 Å². The van der Waals surface area contributed by atoms with Gasteiger partial charge in [0.25, 0.3) is 5.91 Å². The number of methoxy groups -OCH3 is 1. The van der Waals surface area contributed by atoms with E-state index >= 15 is 0 Å². The summed E-state index contributed by atoms with van der Waals surface area (Å²) < 4.78 is 19.1. The first-order valence-electron chi connectivity index (χ1n) is 7.80. The maximum absolute atomic E-state index is 14.0. The fourth-order valence-electron chi connectivity index (χ4n) is 2.50. The van der Waals surface area contributed by atoms with E-state index in [1.54, 1.807) is 7.11 Å². The summed E-state index contributed by atoms with van der Waals surface area (Å²) in [5.41, 5.74) is 0.939. The molecule has 2 aromatic rings. The van der Waals surface area contributed by atoms with Gasteiger partial charge in [-0.25, -0.2) is 4.39 Å². The van der Waals surface area contributed by atoms with Crippen molar-refractivity contribution in [1.82, 2.24) is 5.32 Å². The fourth-order valence-corrected chi connectivity index (χ4v) is 2.65. The summed E-state index contributed by atoms with van der Waals surface area (Å²) >= 11 is 5.74. The molecule has 0 saturated carbocycles. The second-order valence-corrected chi connectivity index (χ2v) is 6.49. The Morgan fingerprint density at radius 1 is 1.21 bits per heavy atom. The number of benzene rings is 2. The SMILES string of the molecule is COc1ccc([C@@H](CC(C)C)NC(=O)c2ccc(Cl)cc2F)cc1. The highest BCUT2D eigenvalue weighted by Gasteiger charge is 2.19. The molecule has 0 heterocycles. The number of hydrogen-bond donors (Lipinski definition) is 1. The van der Waals surface area contributed by atoms with Crippen LogP contribution in [0, 0.1) is 11.7 Å². The predicted octanol–water partition coefficient (Wildman–Crippen LogP) is 5.00. The van der Waals surface area contributed by atoms with Crippen LogP contribution in [0.4, 0.5) is 4.39 Å². The molecule has 0 spiro atoms. The van der Waals surface area contributed by atoms with E-state index in [4.69, 9.17) is 16.3 Å². The van der Waals surface area contributed by atoms with Gasteiger partial charge in [-0.05, 0) is 48.2 Å². The van der Waals surface area contributed by atoms with E-state index in [9.17, 15) is 9.18 Å². The molecule has 0 bridgehead atoms. The van der Waals surface area contributed by atoms with Gasteiger partial charge in [0, 0.05) is 5.02 Å². The standard InChI is InChI=1S/C19H21ClFNO2/c1-12(2)10-18(13-4-7-15(24-3)8-5-13)22-19(23)16-9-6-14(20)11-17(16)21/h4-9,11-12,18H,10H2,1-3H3,(H,22,23)/t18-/m1/s1. The molecule has 1 N–H and O–H groups in total. The van der Waals surface area contributed by atoms with E-state index in [-0.39, 0.29) is 16.6 Å². The number of amides is 1. The van der Waals surface area contributed by atoms with Gasteiger partial charge >= 0.3 is 0 Å². The molecule has 0 aliphatic heterocycles. The molecule has 128 valence electrons. The monoisotopic (exact) mass is 349 g/mol. The highest BCUT2D eigenvalue weighted by Crippen LogP contribution is 2.24. The zero-order valence-corrected chi connectivity index (χ0v) is 14.7. The van der Waals surface area contributed by atoms with Crippen LogP contribution < -0.4 is 10.1 Å². The van der Waals surface area contributed by atoms with Crippen molar-refractivity contribution in [3.05, 3.63) is 64.4 Å². The molecule has 0 unspecified atom stereocenters. The average Bonchev–Trinajstić information content (AvgIpc) is 2.53. The molecule has 0 saturated heterocycles. The predicted molar refractivity (Wildman–Crippen MR) is 94.1 cm³/mol. The molecular formula is C19H21ClFNO2. The minimum absolute atomic E-state index is 0.0123. The molecule has 5 heteroatoms. The molecule has 1 amide bonds. The Bertz CT molecular complexity index is 701. The molecule has 0 aliphatic carbocycles. The summed E-state index contributed by atoms with van der Waals surface area (Å²) in [4.78, 5) is 12.4. The van der Waals surface area contributed by atoms with Gasteiger partial charge in [-0.15, -0.1) is 0 Å². The number of halogens is 2. The van der Waals surface area contributed by atoms with Crippen LogP contribution in [-0.4, -0.2) is 13.0 Å². The molecule has 1 atom stereocenters. The lowest BCUT2D eigenvalue weighted by Crippen LogP contribution is -2.30. The third-order valence-corrected chi connectivity index (χ3v) is 3.94. The van der Waals surface area contributed by atoms with Crippen LogP contribution in [0.15, 0.2) is 42.5 Å². The highest BCUT2D eigenvalue weighted by atomic mass is 35.5. The maximum Gasteiger partial charge on any atom is 0.254 e. The molecule has 0 fully saturated rings. The topological polar surface area (TPSA) is 38.3 Å². The Labute approximate surface area is 146 Å². The number of nitrogens with one attached hydrogen (secondary N) is 1. The van der Waals surface area contributed by atoms with Crippen molar-refractivity contribution >= 4 is 17.5 Å². The van der Waals surface area contributed by atoms with Crippen LogP contribution in [0.25, 0.3) is 0 Å². The van der Waals surface area contributed by atoms with Gasteiger partial charge in [-0.3, -0.25) is 4.79 Å². The molecule has 3 nitrogen and oxygen atoms in total. The number of ether oxygens (including phenoxy) is 1. The number of carbonyl (C=O) groups is 1. The van der Waals surface area contributed by atoms with Crippen molar-refractivity contribution in [2.24, 2.45) is 5.92 Å². The van der Waals surface area contributed by atoms with E-state index < -0.39 is 11.7 Å². The fraction of sp³-hybridized carbons (Fsp3) is 0.316. The van der Waals surface area contributed by atoms with E-state index in [2.05, 4.69) is 19.2 Å². The van der Waals surface area contributed by atoms with E-state index in [0.717, 1.165) is 23.8 Å². The zero-order valence-electron chi connectivity index (χ0n) is 14.0. The summed E-state index contributed by atoms with van der Waals surface area (Å²) in [6.07, 6.45) is 0.743. The Balaban J connectivity index is 2.22. The Morgan fingerprint density at radius 3 is 2.42 bits per heavy atom. The largest absolute Gasteiger partial charge is 0.497 e. The summed E-state index contributed by atoms with van der Waals surface area (Å²) in [6, 6.07) is 11.3. The summed E-state index contributed by atoms with van der Waals surface area (Å²) in [5.74, 6) is 0.0354. The van der Waals surface area contributed by atoms with Crippen molar-refractivity contribution in [3.8, 4) is 5.75 Å².